The Morgan fingerprint density at radius 2 is 2.18 bits per heavy atom. The summed E-state index contributed by atoms with van der Waals surface area (Å²) in [5.74, 6) is -0.260. The van der Waals surface area contributed by atoms with Crippen molar-refractivity contribution < 1.29 is 9.90 Å². The molecule has 2 N–H and O–H groups in total. The van der Waals surface area contributed by atoms with Crippen molar-refractivity contribution in [2.24, 2.45) is 0 Å². The smallest absolute Gasteiger partial charge is 0.255 e. The van der Waals surface area contributed by atoms with Gasteiger partial charge < -0.3 is 10.4 Å². The van der Waals surface area contributed by atoms with E-state index in [0.717, 1.165) is 0 Å². The zero-order valence-electron chi connectivity index (χ0n) is 8.72. The Bertz CT molecular complexity index is 543. The van der Waals surface area contributed by atoms with Crippen LogP contribution < -0.4 is 5.32 Å². The number of aromatic nitrogens is 1. The van der Waals surface area contributed by atoms with Crippen LogP contribution in [0.15, 0.2) is 47.2 Å². The van der Waals surface area contributed by atoms with Crippen molar-refractivity contribution in [3.8, 4) is 5.75 Å². The fourth-order valence-corrected chi connectivity index (χ4v) is 1.54. The number of anilines is 1. The lowest BCUT2D eigenvalue weighted by Crippen LogP contribution is -2.11. The van der Waals surface area contributed by atoms with Crippen molar-refractivity contribution in [3.05, 3.63) is 52.8 Å². The van der Waals surface area contributed by atoms with Gasteiger partial charge in [0.25, 0.3) is 5.91 Å². The van der Waals surface area contributed by atoms with Gasteiger partial charge in [0.2, 0.25) is 0 Å². The number of pyridine rings is 1. The van der Waals surface area contributed by atoms with E-state index in [1.54, 1.807) is 36.7 Å². The number of phenolic OH excluding ortho intramolecular Hbond substituents is 1. The molecule has 4 nitrogen and oxygen atoms in total. The first kappa shape index (κ1) is 11.6. The van der Waals surface area contributed by atoms with Crippen LogP contribution in [-0.4, -0.2) is 16.0 Å². The third-order valence-corrected chi connectivity index (χ3v) is 2.80. The van der Waals surface area contributed by atoms with Crippen LogP contribution in [-0.2, 0) is 0 Å². The van der Waals surface area contributed by atoms with Crippen molar-refractivity contribution in [1.82, 2.24) is 4.98 Å². The minimum Gasteiger partial charge on any atom is -0.507 e. The molecule has 0 aliphatic rings. The number of hydrogen-bond donors (Lipinski definition) is 2. The summed E-state index contributed by atoms with van der Waals surface area (Å²) in [5.41, 5.74) is 0.995. The lowest BCUT2D eigenvalue weighted by molar-refractivity contribution is 0.102. The third-order valence-electron chi connectivity index (χ3n) is 2.13. The molecule has 0 radical (unpaired) electrons. The number of rotatable bonds is 2. The Hall–Kier alpha value is -1.88. The molecular weight excluding hydrogens is 284 g/mol. The molecule has 1 amide bonds. The summed E-state index contributed by atoms with van der Waals surface area (Å²) >= 11 is 3.15. The number of carbonyl (C=O) groups is 1. The lowest BCUT2D eigenvalue weighted by Gasteiger charge is -2.05. The molecule has 0 aliphatic carbocycles. The fourth-order valence-electron chi connectivity index (χ4n) is 1.29. The molecule has 2 rings (SSSR count). The van der Waals surface area contributed by atoms with E-state index in [4.69, 9.17) is 0 Å². The van der Waals surface area contributed by atoms with E-state index in [2.05, 4.69) is 26.2 Å². The number of phenols is 1. The number of nitrogens with one attached hydrogen (secondary N) is 1. The predicted molar refractivity (Wildman–Crippen MR) is 68.0 cm³/mol. The summed E-state index contributed by atoms with van der Waals surface area (Å²) < 4.78 is 0.551. The second-order valence-corrected chi connectivity index (χ2v) is 4.22. The summed E-state index contributed by atoms with van der Waals surface area (Å²) in [5, 5.41) is 12.2. The Labute approximate surface area is 106 Å². The predicted octanol–water partition coefficient (Wildman–Crippen LogP) is 2.80. The first-order valence-corrected chi connectivity index (χ1v) is 5.66. The van der Waals surface area contributed by atoms with Gasteiger partial charge in [-0.3, -0.25) is 9.78 Å². The van der Waals surface area contributed by atoms with Gasteiger partial charge in [-0.2, -0.15) is 0 Å². The van der Waals surface area contributed by atoms with Gasteiger partial charge in [-0.1, -0.05) is 0 Å². The molecule has 17 heavy (non-hydrogen) atoms. The van der Waals surface area contributed by atoms with Gasteiger partial charge in [0.1, 0.15) is 5.75 Å². The molecule has 1 heterocycles. The maximum atomic E-state index is 11.8. The number of carbonyl (C=O) groups excluding carboxylic acids is 1. The van der Waals surface area contributed by atoms with Crippen molar-refractivity contribution in [2.45, 2.75) is 0 Å². The number of amides is 1. The SMILES string of the molecule is O=C(Nc1cccnc1)c1ccc(Br)c(O)c1. The van der Waals surface area contributed by atoms with Crippen LogP contribution in [0.1, 0.15) is 10.4 Å². The first-order valence-electron chi connectivity index (χ1n) is 4.87. The van der Waals surface area contributed by atoms with Gasteiger partial charge in [0, 0.05) is 11.8 Å². The highest BCUT2D eigenvalue weighted by Crippen LogP contribution is 2.24. The molecule has 0 saturated carbocycles. The highest BCUT2D eigenvalue weighted by Gasteiger charge is 2.08. The van der Waals surface area contributed by atoms with Crippen molar-refractivity contribution in [3.63, 3.8) is 0 Å². The highest BCUT2D eigenvalue weighted by molar-refractivity contribution is 9.10. The molecule has 0 fully saturated rings. The van der Waals surface area contributed by atoms with E-state index in [-0.39, 0.29) is 11.7 Å². The molecule has 0 unspecified atom stereocenters. The van der Waals surface area contributed by atoms with Crippen molar-refractivity contribution in [2.75, 3.05) is 5.32 Å². The Kier molecular flexibility index (Phi) is 3.39. The summed E-state index contributed by atoms with van der Waals surface area (Å²) in [6, 6.07) is 8.11. The average Bonchev–Trinajstić information content (AvgIpc) is 2.34. The molecule has 0 aliphatic heterocycles. The van der Waals surface area contributed by atoms with Gasteiger partial charge in [-0.05, 0) is 46.3 Å². The summed E-state index contributed by atoms with van der Waals surface area (Å²) in [6.45, 7) is 0. The zero-order valence-corrected chi connectivity index (χ0v) is 10.3. The molecule has 0 atom stereocenters. The maximum Gasteiger partial charge on any atom is 0.255 e. The van der Waals surface area contributed by atoms with Crippen LogP contribution in [0, 0.1) is 0 Å². The molecule has 1 aromatic carbocycles. The van der Waals surface area contributed by atoms with Gasteiger partial charge in [0.15, 0.2) is 0 Å². The quantitative estimate of drug-likeness (QED) is 0.895. The second kappa shape index (κ2) is 4.97. The maximum absolute atomic E-state index is 11.8. The number of aromatic hydroxyl groups is 1. The molecule has 0 saturated heterocycles. The van der Waals surface area contributed by atoms with Crippen LogP contribution in [0.25, 0.3) is 0 Å². The molecule has 2 aromatic rings. The van der Waals surface area contributed by atoms with Crippen LogP contribution in [0.4, 0.5) is 5.69 Å². The van der Waals surface area contributed by atoms with E-state index in [1.165, 1.54) is 6.07 Å². The van der Waals surface area contributed by atoms with E-state index < -0.39 is 0 Å². The Morgan fingerprint density at radius 3 is 2.82 bits per heavy atom. The largest absolute Gasteiger partial charge is 0.507 e. The Morgan fingerprint density at radius 1 is 1.35 bits per heavy atom. The summed E-state index contributed by atoms with van der Waals surface area (Å²) in [6.07, 6.45) is 3.18. The van der Waals surface area contributed by atoms with Crippen molar-refractivity contribution in [1.29, 1.82) is 0 Å². The normalized spacial score (nSPS) is 9.94. The third kappa shape index (κ3) is 2.82. The van der Waals surface area contributed by atoms with E-state index in [9.17, 15) is 9.90 Å². The lowest BCUT2D eigenvalue weighted by atomic mass is 10.2. The van der Waals surface area contributed by atoms with Crippen LogP contribution in [0.3, 0.4) is 0 Å². The summed E-state index contributed by atoms with van der Waals surface area (Å²) in [7, 11) is 0. The van der Waals surface area contributed by atoms with Gasteiger partial charge in [0.05, 0.1) is 16.4 Å². The minimum absolute atomic E-state index is 0.0313. The van der Waals surface area contributed by atoms with E-state index in [1.807, 2.05) is 0 Å². The molecule has 0 spiro atoms. The van der Waals surface area contributed by atoms with Gasteiger partial charge in [-0.25, -0.2) is 0 Å². The second-order valence-electron chi connectivity index (χ2n) is 3.36. The first-order chi connectivity index (χ1) is 8.16. The zero-order chi connectivity index (χ0) is 12.3. The average molecular weight is 293 g/mol. The fraction of sp³-hybridized carbons (Fsp3) is 0. The van der Waals surface area contributed by atoms with E-state index >= 15 is 0 Å². The topological polar surface area (TPSA) is 62.2 Å². The summed E-state index contributed by atoms with van der Waals surface area (Å²) in [4.78, 5) is 15.7. The van der Waals surface area contributed by atoms with Crippen molar-refractivity contribution >= 4 is 27.5 Å². The molecule has 86 valence electrons. The number of benzene rings is 1. The number of nitrogens with zero attached hydrogens (tertiary/aromatic N) is 1. The standard InChI is InChI=1S/C12H9BrN2O2/c13-10-4-3-8(6-11(10)16)12(17)15-9-2-1-5-14-7-9/h1-7,16H,(H,15,17). The molecule has 5 heteroatoms. The van der Waals surface area contributed by atoms with Gasteiger partial charge in [-0.15, -0.1) is 0 Å². The number of hydrogen-bond acceptors (Lipinski definition) is 3. The van der Waals surface area contributed by atoms with Crippen LogP contribution in [0.5, 0.6) is 5.75 Å². The van der Waals surface area contributed by atoms with Crippen LogP contribution >= 0.6 is 15.9 Å². The highest BCUT2D eigenvalue weighted by atomic mass is 79.9. The van der Waals surface area contributed by atoms with Crippen LogP contribution in [0.2, 0.25) is 0 Å². The molecule has 0 bridgehead atoms. The minimum atomic E-state index is -0.291. The van der Waals surface area contributed by atoms with E-state index in [0.29, 0.717) is 15.7 Å². The van der Waals surface area contributed by atoms with Gasteiger partial charge >= 0.3 is 0 Å². The molecule has 1 aromatic heterocycles. The molecular formula is C12H9BrN2O2. The monoisotopic (exact) mass is 292 g/mol. The number of halogens is 1. The Balaban J connectivity index is 2.18.